The summed E-state index contributed by atoms with van der Waals surface area (Å²) in [5.41, 5.74) is 0.864. The highest BCUT2D eigenvalue weighted by atomic mass is 32.2. The molecule has 2 N–H and O–H groups in total. The van der Waals surface area contributed by atoms with E-state index in [1.165, 1.54) is 12.1 Å². The number of hydrogen-bond donors (Lipinski definition) is 2. The lowest BCUT2D eigenvalue weighted by Gasteiger charge is -2.21. The van der Waals surface area contributed by atoms with Gasteiger partial charge in [0.05, 0.1) is 11.5 Å². The minimum atomic E-state index is -3.81. The Labute approximate surface area is 154 Å². The van der Waals surface area contributed by atoms with Gasteiger partial charge in [-0.1, -0.05) is 48.5 Å². The van der Waals surface area contributed by atoms with Gasteiger partial charge < -0.3 is 10.1 Å². The van der Waals surface area contributed by atoms with Crippen molar-refractivity contribution in [3.8, 4) is 0 Å². The second kappa shape index (κ2) is 9.47. The summed E-state index contributed by atoms with van der Waals surface area (Å²) in [5.74, 6) is -0.391. The summed E-state index contributed by atoms with van der Waals surface area (Å²) in [4.78, 5) is 12.8. The van der Waals surface area contributed by atoms with Crippen molar-refractivity contribution in [1.82, 2.24) is 10.0 Å². The predicted octanol–water partition coefficient (Wildman–Crippen LogP) is 1.73. The molecule has 2 aromatic rings. The fraction of sp³-hybridized carbons (Fsp3) is 0.316. The lowest BCUT2D eigenvalue weighted by atomic mass is 10.1. The van der Waals surface area contributed by atoms with Crippen molar-refractivity contribution >= 4 is 15.9 Å². The average Bonchev–Trinajstić information content (AvgIpc) is 2.63. The number of sulfonamides is 1. The maximum atomic E-state index is 12.6. The molecule has 140 valence electrons. The molecule has 0 radical (unpaired) electrons. The molecule has 2 aromatic carbocycles. The molecule has 6 nitrogen and oxygen atoms in total. The molecular weight excluding hydrogens is 352 g/mol. The number of methoxy groups -OCH3 is 1. The molecule has 0 aliphatic rings. The zero-order chi connectivity index (χ0) is 19.0. The molecule has 0 saturated heterocycles. The summed E-state index contributed by atoms with van der Waals surface area (Å²) in [7, 11) is -2.27. The zero-order valence-corrected chi connectivity index (χ0v) is 15.7. The van der Waals surface area contributed by atoms with Crippen molar-refractivity contribution in [1.29, 1.82) is 0 Å². The minimum Gasteiger partial charge on any atom is -0.383 e. The van der Waals surface area contributed by atoms with E-state index in [4.69, 9.17) is 4.74 Å². The molecule has 0 unspecified atom stereocenters. The Morgan fingerprint density at radius 2 is 1.62 bits per heavy atom. The fourth-order valence-corrected chi connectivity index (χ4v) is 3.74. The lowest BCUT2D eigenvalue weighted by molar-refractivity contribution is -0.123. The molecule has 0 bridgehead atoms. The number of benzene rings is 2. The van der Waals surface area contributed by atoms with E-state index in [2.05, 4.69) is 10.0 Å². The second-order valence-corrected chi connectivity index (χ2v) is 7.76. The number of rotatable bonds is 9. The third-order valence-corrected chi connectivity index (χ3v) is 5.24. The molecule has 0 fully saturated rings. The van der Waals surface area contributed by atoms with Crippen molar-refractivity contribution in [2.75, 3.05) is 13.7 Å². The molecule has 0 spiro atoms. The number of carbonyl (C=O) groups excluding carboxylic acids is 1. The van der Waals surface area contributed by atoms with Crippen LogP contribution in [0, 0.1) is 0 Å². The van der Waals surface area contributed by atoms with Crippen LogP contribution in [0.2, 0.25) is 0 Å². The van der Waals surface area contributed by atoms with Crippen LogP contribution in [0.4, 0.5) is 0 Å². The number of nitrogens with one attached hydrogen (secondary N) is 2. The van der Waals surface area contributed by atoms with E-state index in [0.29, 0.717) is 6.61 Å². The Balaban J connectivity index is 2.21. The third kappa shape index (κ3) is 5.94. The molecule has 2 atom stereocenters. The third-order valence-electron chi connectivity index (χ3n) is 3.76. The van der Waals surface area contributed by atoms with Crippen LogP contribution in [0.5, 0.6) is 0 Å². The van der Waals surface area contributed by atoms with E-state index in [1.807, 2.05) is 30.3 Å². The molecule has 26 heavy (non-hydrogen) atoms. The number of amides is 1. The number of hydrogen-bond acceptors (Lipinski definition) is 4. The SMILES string of the molecule is COC[C@@H](C)NC(=O)[C@H](Cc1ccccc1)NS(=O)(=O)c1ccccc1. The van der Waals surface area contributed by atoms with Crippen molar-refractivity contribution in [3.05, 3.63) is 66.2 Å². The maximum Gasteiger partial charge on any atom is 0.241 e. The summed E-state index contributed by atoms with van der Waals surface area (Å²) in [6, 6.07) is 16.1. The van der Waals surface area contributed by atoms with E-state index in [-0.39, 0.29) is 17.4 Å². The van der Waals surface area contributed by atoms with Gasteiger partial charge in [-0.3, -0.25) is 4.79 Å². The van der Waals surface area contributed by atoms with E-state index in [1.54, 1.807) is 32.2 Å². The van der Waals surface area contributed by atoms with Gasteiger partial charge in [0.1, 0.15) is 6.04 Å². The summed E-state index contributed by atoms with van der Waals surface area (Å²) < 4.78 is 32.8. The van der Waals surface area contributed by atoms with Gasteiger partial charge >= 0.3 is 0 Å². The highest BCUT2D eigenvalue weighted by Crippen LogP contribution is 2.11. The smallest absolute Gasteiger partial charge is 0.241 e. The average molecular weight is 376 g/mol. The van der Waals surface area contributed by atoms with E-state index >= 15 is 0 Å². The summed E-state index contributed by atoms with van der Waals surface area (Å²) >= 11 is 0. The Hall–Kier alpha value is -2.22. The predicted molar refractivity (Wildman–Crippen MR) is 100 cm³/mol. The monoisotopic (exact) mass is 376 g/mol. The topological polar surface area (TPSA) is 84.5 Å². The summed E-state index contributed by atoms with van der Waals surface area (Å²) in [6.07, 6.45) is 0.248. The van der Waals surface area contributed by atoms with Crippen LogP contribution in [0.15, 0.2) is 65.6 Å². The molecule has 0 aliphatic heterocycles. The van der Waals surface area contributed by atoms with E-state index in [0.717, 1.165) is 5.56 Å². The molecule has 2 rings (SSSR count). The molecule has 1 amide bonds. The van der Waals surface area contributed by atoms with Crippen LogP contribution in [0.1, 0.15) is 12.5 Å². The first kappa shape index (κ1) is 20.1. The van der Waals surface area contributed by atoms with Gasteiger partial charge in [-0.15, -0.1) is 0 Å². The van der Waals surface area contributed by atoms with Gasteiger partial charge in [-0.2, -0.15) is 4.72 Å². The van der Waals surface area contributed by atoms with Gasteiger partial charge in [0.15, 0.2) is 0 Å². The van der Waals surface area contributed by atoms with Gasteiger partial charge in [0.25, 0.3) is 0 Å². The van der Waals surface area contributed by atoms with Crippen molar-refractivity contribution in [2.24, 2.45) is 0 Å². The molecule has 0 saturated carbocycles. The summed E-state index contributed by atoms with van der Waals surface area (Å²) in [6.45, 7) is 2.14. The van der Waals surface area contributed by atoms with Crippen LogP contribution >= 0.6 is 0 Å². The highest BCUT2D eigenvalue weighted by Gasteiger charge is 2.26. The van der Waals surface area contributed by atoms with Crippen molar-refractivity contribution in [2.45, 2.75) is 30.3 Å². The second-order valence-electron chi connectivity index (χ2n) is 6.04. The normalized spacial score (nSPS) is 13.8. The highest BCUT2D eigenvalue weighted by molar-refractivity contribution is 7.89. The van der Waals surface area contributed by atoms with Gasteiger partial charge in [-0.05, 0) is 31.0 Å². The Kier molecular flexibility index (Phi) is 7.32. The fourth-order valence-electron chi connectivity index (χ4n) is 2.53. The van der Waals surface area contributed by atoms with Crippen molar-refractivity contribution in [3.63, 3.8) is 0 Å². The standard InChI is InChI=1S/C19H24N2O4S/c1-15(14-25-2)20-19(22)18(13-16-9-5-3-6-10-16)21-26(23,24)17-11-7-4-8-12-17/h3-12,15,18,21H,13-14H2,1-2H3,(H,20,22)/t15-,18+/m1/s1. The first-order chi connectivity index (χ1) is 12.4. The van der Waals surface area contributed by atoms with Crippen LogP contribution < -0.4 is 10.0 Å². The van der Waals surface area contributed by atoms with E-state index < -0.39 is 22.0 Å². The largest absolute Gasteiger partial charge is 0.383 e. The Bertz CT molecular complexity index is 795. The molecule has 0 aromatic heterocycles. The van der Waals surface area contributed by atoms with Gasteiger partial charge in [0.2, 0.25) is 15.9 Å². The van der Waals surface area contributed by atoms with Gasteiger partial charge in [-0.25, -0.2) is 8.42 Å². The molecular formula is C19H24N2O4S. The Morgan fingerprint density at radius 1 is 1.04 bits per heavy atom. The number of carbonyl (C=O) groups is 1. The summed E-state index contributed by atoms with van der Waals surface area (Å²) in [5, 5.41) is 2.78. The van der Waals surface area contributed by atoms with Crippen LogP contribution in [-0.4, -0.2) is 40.1 Å². The van der Waals surface area contributed by atoms with E-state index in [9.17, 15) is 13.2 Å². The van der Waals surface area contributed by atoms with Gasteiger partial charge in [0, 0.05) is 13.2 Å². The maximum absolute atomic E-state index is 12.6. The minimum absolute atomic E-state index is 0.121. The molecule has 7 heteroatoms. The number of ether oxygens (including phenoxy) is 1. The zero-order valence-electron chi connectivity index (χ0n) is 14.9. The van der Waals surface area contributed by atoms with Crippen molar-refractivity contribution < 1.29 is 17.9 Å². The van der Waals surface area contributed by atoms with Crippen LogP contribution in [-0.2, 0) is 26.0 Å². The quantitative estimate of drug-likeness (QED) is 0.698. The first-order valence-electron chi connectivity index (χ1n) is 8.33. The lowest BCUT2D eigenvalue weighted by Crippen LogP contribution is -2.50. The molecule has 0 aliphatic carbocycles. The Morgan fingerprint density at radius 3 is 2.19 bits per heavy atom. The molecule has 0 heterocycles. The van der Waals surface area contributed by atoms with Crippen LogP contribution in [0.3, 0.4) is 0 Å². The van der Waals surface area contributed by atoms with Crippen LogP contribution in [0.25, 0.3) is 0 Å². The first-order valence-corrected chi connectivity index (χ1v) is 9.81.